The molecule has 0 spiro atoms. The average Bonchev–Trinajstić information content (AvgIpc) is 2.83. The van der Waals surface area contributed by atoms with Gasteiger partial charge in [0.1, 0.15) is 9.34 Å². The molecule has 2 heterocycles. The third kappa shape index (κ3) is 2.28. The number of hydrogen-bond acceptors (Lipinski definition) is 4. The van der Waals surface area contributed by atoms with Gasteiger partial charge >= 0.3 is 0 Å². The van der Waals surface area contributed by atoms with Crippen LogP contribution in [0, 0.1) is 6.92 Å². The van der Waals surface area contributed by atoms with E-state index in [0.29, 0.717) is 5.56 Å². The number of carbonyl (C=O) groups excluding carboxylic acids is 1. The van der Waals surface area contributed by atoms with Crippen LogP contribution < -0.4 is 0 Å². The zero-order valence-electron chi connectivity index (χ0n) is 10.3. The molecule has 0 saturated heterocycles. The Morgan fingerprint density at radius 3 is 2.72 bits per heavy atom. The highest BCUT2D eigenvalue weighted by Crippen LogP contribution is 2.45. The lowest BCUT2D eigenvalue weighted by molar-refractivity contribution is 0.101. The van der Waals surface area contributed by atoms with Crippen LogP contribution in [0.25, 0.3) is 10.4 Å². The van der Waals surface area contributed by atoms with Crippen molar-refractivity contribution in [3.05, 3.63) is 26.9 Å². The van der Waals surface area contributed by atoms with Crippen LogP contribution in [0.15, 0.2) is 16.4 Å². The van der Waals surface area contributed by atoms with E-state index in [2.05, 4.69) is 4.99 Å². The van der Waals surface area contributed by atoms with Crippen molar-refractivity contribution in [2.75, 3.05) is 0 Å². The minimum absolute atomic E-state index is 0.0435. The highest BCUT2D eigenvalue weighted by Gasteiger charge is 2.20. The van der Waals surface area contributed by atoms with Crippen molar-refractivity contribution in [3.63, 3.8) is 0 Å². The summed E-state index contributed by atoms with van der Waals surface area (Å²) < 4.78 is 0.751. The number of ketones is 1. The van der Waals surface area contributed by atoms with E-state index in [1.807, 2.05) is 25.3 Å². The maximum absolute atomic E-state index is 11.7. The molecule has 2 nitrogen and oxygen atoms in total. The molecule has 0 unspecified atom stereocenters. The van der Waals surface area contributed by atoms with Gasteiger partial charge in [-0.25, -0.2) is 4.99 Å². The van der Waals surface area contributed by atoms with Gasteiger partial charge in [0.2, 0.25) is 0 Å². The SMILES string of the molecule is CC=Nc1sc(-c2ccsc2Cl)c(C)c1C(C)=O. The van der Waals surface area contributed by atoms with Gasteiger partial charge in [-0.15, -0.1) is 22.7 Å². The number of rotatable bonds is 3. The van der Waals surface area contributed by atoms with Crippen LogP contribution in [-0.4, -0.2) is 12.0 Å². The minimum Gasteiger partial charge on any atom is -0.294 e. The summed E-state index contributed by atoms with van der Waals surface area (Å²) >= 11 is 9.17. The molecule has 2 rings (SSSR count). The van der Waals surface area contributed by atoms with Crippen LogP contribution in [0.1, 0.15) is 29.8 Å². The van der Waals surface area contributed by atoms with E-state index >= 15 is 0 Å². The molecule has 0 aliphatic heterocycles. The van der Waals surface area contributed by atoms with Crippen LogP contribution in [0.3, 0.4) is 0 Å². The average molecular weight is 298 g/mol. The molecule has 0 radical (unpaired) electrons. The summed E-state index contributed by atoms with van der Waals surface area (Å²) in [6, 6.07) is 1.98. The summed E-state index contributed by atoms with van der Waals surface area (Å²) in [5.41, 5.74) is 2.66. The minimum atomic E-state index is 0.0435. The third-order valence-corrected chi connectivity index (χ3v) is 4.99. The van der Waals surface area contributed by atoms with Gasteiger partial charge in [-0.3, -0.25) is 4.79 Å². The summed E-state index contributed by atoms with van der Waals surface area (Å²) in [5, 5.41) is 2.72. The molecule has 5 heteroatoms. The summed E-state index contributed by atoms with van der Waals surface area (Å²) in [7, 11) is 0. The lowest BCUT2D eigenvalue weighted by Crippen LogP contribution is -1.92. The topological polar surface area (TPSA) is 29.4 Å². The first kappa shape index (κ1) is 13.5. The first-order valence-electron chi connectivity index (χ1n) is 5.42. The second-order valence-electron chi connectivity index (χ2n) is 3.79. The van der Waals surface area contributed by atoms with Crippen LogP contribution in [0.2, 0.25) is 4.34 Å². The summed E-state index contributed by atoms with van der Waals surface area (Å²) in [5.74, 6) is 0.0435. The fraction of sp³-hybridized carbons (Fsp3) is 0.231. The Kier molecular flexibility index (Phi) is 4.00. The number of halogens is 1. The van der Waals surface area contributed by atoms with Crippen molar-refractivity contribution in [1.29, 1.82) is 0 Å². The molecule has 0 bridgehead atoms. The molecule has 0 fully saturated rings. The highest BCUT2D eigenvalue weighted by molar-refractivity contribution is 7.21. The van der Waals surface area contributed by atoms with Crippen LogP contribution in [0.5, 0.6) is 0 Å². The third-order valence-electron chi connectivity index (χ3n) is 2.59. The monoisotopic (exact) mass is 297 g/mol. The Bertz CT molecular complexity index is 625. The standard InChI is InChI=1S/C13H12ClNOS2/c1-4-15-13-10(8(3)16)7(2)11(18-13)9-5-6-17-12(9)14/h4-6H,1-3H3. The van der Waals surface area contributed by atoms with Crippen LogP contribution in [0.4, 0.5) is 5.00 Å². The molecule has 2 aromatic rings. The fourth-order valence-corrected chi connectivity index (χ4v) is 4.17. The van der Waals surface area contributed by atoms with Gasteiger partial charge in [-0.2, -0.15) is 0 Å². The Labute approximate surface area is 119 Å². The number of carbonyl (C=O) groups is 1. The van der Waals surface area contributed by atoms with E-state index in [0.717, 1.165) is 25.3 Å². The quantitative estimate of drug-likeness (QED) is 0.553. The van der Waals surface area contributed by atoms with E-state index in [1.54, 1.807) is 13.1 Å². The van der Waals surface area contributed by atoms with Crippen molar-refractivity contribution in [2.24, 2.45) is 4.99 Å². The second-order valence-corrected chi connectivity index (χ2v) is 6.31. The van der Waals surface area contributed by atoms with Gasteiger partial charge < -0.3 is 0 Å². The van der Waals surface area contributed by atoms with Gasteiger partial charge in [-0.1, -0.05) is 11.6 Å². The van der Waals surface area contributed by atoms with Gasteiger partial charge in [0, 0.05) is 16.7 Å². The van der Waals surface area contributed by atoms with Gasteiger partial charge in [0.05, 0.1) is 5.56 Å². The molecule has 18 heavy (non-hydrogen) atoms. The Balaban J connectivity index is 2.68. The first-order chi connectivity index (χ1) is 8.56. The van der Waals surface area contributed by atoms with E-state index in [9.17, 15) is 4.79 Å². The van der Waals surface area contributed by atoms with E-state index in [1.165, 1.54) is 22.7 Å². The van der Waals surface area contributed by atoms with Crippen molar-refractivity contribution in [2.45, 2.75) is 20.8 Å². The number of hydrogen-bond donors (Lipinski definition) is 0. The maximum Gasteiger partial charge on any atom is 0.163 e. The van der Waals surface area contributed by atoms with Crippen molar-refractivity contribution >= 4 is 51.3 Å². The van der Waals surface area contributed by atoms with Crippen molar-refractivity contribution in [1.82, 2.24) is 0 Å². The molecule has 2 aromatic heterocycles. The molecular weight excluding hydrogens is 286 g/mol. The number of aliphatic imine (C=N–C) groups is 1. The maximum atomic E-state index is 11.7. The van der Waals surface area contributed by atoms with Gasteiger partial charge in [0.15, 0.2) is 5.78 Å². The predicted molar refractivity (Wildman–Crippen MR) is 81.2 cm³/mol. The predicted octanol–water partition coefficient (Wildman–Crippen LogP) is 5.36. The first-order valence-corrected chi connectivity index (χ1v) is 7.50. The van der Waals surface area contributed by atoms with Gasteiger partial charge in [0.25, 0.3) is 0 Å². The largest absolute Gasteiger partial charge is 0.294 e. The van der Waals surface area contributed by atoms with Crippen LogP contribution in [-0.2, 0) is 0 Å². The van der Waals surface area contributed by atoms with Crippen molar-refractivity contribution < 1.29 is 4.79 Å². The molecule has 0 saturated carbocycles. The van der Waals surface area contributed by atoms with Crippen LogP contribution >= 0.6 is 34.3 Å². The molecule has 0 N–H and O–H groups in total. The highest BCUT2D eigenvalue weighted by atomic mass is 35.5. The summed E-state index contributed by atoms with van der Waals surface area (Å²) in [6.07, 6.45) is 1.71. The van der Waals surface area contributed by atoms with E-state index < -0.39 is 0 Å². The number of nitrogens with zero attached hydrogens (tertiary/aromatic N) is 1. The Morgan fingerprint density at radius 1 is 1.50 bits per heavy atom. The smallest absolute Gasteiger partial charge is 0.163 e. The molecule has 0 amide bonds. The fourth-order valence-electron chi connectivity index (χ4n) is 1.83. The zero-order valence-corrected chi connectivity index (χ0v) is 12.7. The molecule has 94 valence electrons. The van der Waals surface area contributed by atoms with E-state index in [-0.39, 0.29) is 5.78 Å². The number of thiophene rings is 2. The molecule has 0 atom stereocenters. The number of Topliss-reactive ketones (excluding diaryl/α,β-unsaturated/α-hetero) is 1. The molecule has 0 aromatic carbocycles. The Morgan fingerprint density at radius 2 is 2.22 bits per heavy atom. The zero-order chi connectivity index (χ0) is 13.3. The molecule has 0 aliphatic carbocycles. The molecular formula is C13H12ClNOS2. The Hall–Kier alpha value is -0.970. The van der Waals surface area contributed by atoms with Crippen molar-refractivity contribution in [3.8, 4) is 10.4 Å². The normalized spacial score (nSPS) is 11.3. The molecule has 0 aliphatic rings. The second kappa shape index (κ2) is 5.34. The summed E-state index contributed by atoms with van der Waals surface area (Å²) in [6.45, 7) is 5.37. The lowest BCUT2D eigenvalue weighted by Gasteiger charge is -1.98. The summed E-state index contributed by atoms with van der Waals surface area (Å²) in [4.78, 5) is 17.0. The van der Waals surface area contributed by atoms with Gasteiger partial charge in [-0.05, 0) is 37.8 Å². The van der Waals surface area contributed by atoms with E-state index in [4.69, 9.17) is 11.6 Å². The lowest BCUT2D eigenvalue weighted by atomic mass is 10.1.